The van der Waals surface area contributed by atoms with Crippen molar-refractivity contribution in [1.29, 1.82) is 0 Å². The lowest BCUT2D eigenvalue weighted by molar-refractivity contribution is 0.0317. The number of morpholine rings is 1. The Labute approximate surface area is 188 Å². The number of anilines is 1. The Hall–Kier alpha value is -3.36. The molecule has 0 aliphatic carbocycles. The number of rotatable bonds is 8. The highest BCUT2D eigenvalue weighted by Crippen LogP contribution is 2.22. The molecule has 4 rings (SSSR count). The predicted octanol–water partition coefficient (Wildman–Crippen LogP) is 3.31. The molecule has 3 heterocycles. The molecule has 32 heavy (non-hydrogen) atoms. The van der Waals surface area contributed by atoms with E-state index in [2.05, 4.69) is 56.4 Å². The van der Waals surface area contributed by atoms with E-state index in [1.54, 1.807) is 18.6 Å². The zero-order chi connectivity index (χ0) is 22.2. The first-order valence-electron chi connectivity index (χ1n) is 10.8. The van der Waals surface area contributed by atoms with Crippen LogP contribution in [-0.2, 0) is 4.74 Å². The van der Waals surface area contributed by atoms with Gasteiger partial charge in [-0.3, -0.25) is 15.3 Å². The van der Waals surface area contributed by atoms with Crippen LogP contribution >= 0.6 is 0 Å². The SMILES string of the molecule is Cc1ccc(C=NNc2cc(-c3ccncc3)nc(OCCN3CCOCC3)n2)cc1C. The smallest absolute Gasteiger partial charge is 0.319 e. The fourth-order valence-corrected chi connectivity index (χ4v) is 3.33. The summed E-state index contributed by atoms with van der Waals surface area (Å²) in [6.45, 7) is 8.86. The van der Waals surface area contributed by atoms with E-state index in [9.17, 15) is 0 Å². The number of hydrazone groups is 1. The van der Waals surface area contributed by atoms with Crippen molar-refractivity contribution in [1.82, 2.24) is 19.9 Å². The maximum atomic E-state index is 5.89. The molecule has 1 aliphatic heterocycles. The molecule has 0 amide bonds. The highest BCUT2D eigenvalue weighted by Gasteiger charge is 2.12. The van der Waals surface area contributed by atoms with E-state index < -0.39 is 0 Å². The second-order valence-corrected chi connectivity index (χ2v) is 7.67. The molecule has 1 fully saturated rings. The van der Waals surface area contributed by atoms with E-state index in [0.29, 0.717) is 18.4 Å². The molecule has 1 aliphatic rings. The minimum absolute atomic E-state index is 0.316. The van der Waals surface area contributed by atoms with Gasteiger partial charge in [-0.25, -0.2) is 0 Å². The summed E-state index contributed by atoms with van der Waals surface area (Å²) < 4.78 is 11.3. The molecule has 0 atom stereocenters. The molecule has 0 unspecified atom stereocenters. The topological polar surface area (TPSA) is 84.8 Å². The average molecular weight is 433 g/mol. The van der Waals surface area contributed by atoms with E-state index in [-0.39, 0.29) is 0 Å². The Morgan fingerprint density at radius 2 is 1.88 bits per heavy atom. The normalized spacial score (nSPS) is 14.6. The van der Waals surface area contributed by atoms with Gasteiger partial charge in [-0.2, -0.15) is 15.1 Å². The highest BCUT2D eigenvalue weighted by atomic mass is 16.5. The Morgan fingerprint density at radius 1 is 1.06 bits per heavy atom. The fourth-order valence-electron chi connectivity index (χ4n) is 3.33. The van der Waals surface area contributed by atoms with Crippen LogP contribution in [0.25, 0.3) is 11.3 Å². The summed E-state index contributed by atoms with van der Waals surface area (Å²) in [5.41, 5.74) is 8.19. The number of aromatic nitrogens is 3. The number of nitrogens with one attached hydrogen (secondary N) is 1. The Kier molecular flexibility index (Phi) is 7.37. The Balaban J connectivity index is 1.47. The van der Waals surface area contributed by atoms with Gasteiger partial charge in [0.1, 0.15) is 6.61 Å². The van der Waals surface area contributed by atoms with E-state index in [0.717, 1.165) is 49.7 Å². The number of hydrogen-bond donors (Lipinski definition) is 1. The van der Waals surface area contributed by atoms with E-state index >= 15 is 0 Å². The van der Waals surface area contributed by atoms with Gasteiger partial charge in [0.25, 0.3) is 0 Å². The van der Waals surface area contributed by atoms with Gasteiger partial charge in [-0.15, -0.1) is 0 Å². The quantitative estimate of drug-likeness (QED) is 0.432. The second kappa shape index (κ2) is 10.8. The first kappa shape index (κ1) is 21.9. The molecule has 2 aromatic heterocycles. The molecule has 1 N–H and O–H groups in total. The third kappa shape index (κ3) is 6.09. The molecule has 166 valence electrons. The number of aryl methyl sites for hydroxylation is 2. The number of ether oxygens (including phenoxy) is 2. The van der Waals surface area contributed by atoms with Gasteiger partial charge in [0.15, 0.2) is 5.82 Å². The molecule has 0 radical (unpaired) electrons. The van der Waals surface area contributed by atoms with Gasteiger partial charge < -0.3 is 9.47 Å². The molecule has 1 aromatic carbocycles. The maximum absolute atomic E-state index is 5.89. The van der Waals surface area contributed by atoms with Crippen molar-refractivity contribution in [3.05, 3.63) is 65.5 Å². The molecule has 8 heteroatoms. The van der Waals surface area contributed by atoms with Crippen LogP contribution in [0.1, 0.15) is 16.7 Å². The number of pyridine rings is 1. The minimum atomic E-state index is 0.316. The van der Waals surface area contributed by atoms with Crippen LogP contribution in [0, 0.1) is 13.8 Å². The van der Waals surface area contributed by atoms with Gasteiger partial charge in [-0.05, 0) is 42.7 Å². The molecule has 0 spiro atoms. The molecule has 3 aromatic rings. The summed E-state index contributed by atoms with van der Waals surface area (Å²) in [5.74, 6) is 0.563. The van der Waals surface area contributed by atoms with E-state index in [1.165, 1.54) is 11.1 Å². The first-order valence-corrected chi connectivity index (χ1v) is 10.8. The van der Waals surface area contributed by atoms with Gasteiger partial charge >= 0.3 is 6.01 Å². The monoisotopic (exact) mass is 432 g/mol. The summed E-state index contributed by atoms with van der Waals surface area (Å²) >= 11 is 0. The minimum Gasteiger partial charge on any atom is -0.462 e. The van der Waals surface area contributed by atoms with E-state index in [4.69, 9.17) is 9.47 Å². The Morgan fingerprint density at radius 3 is 2.66 bits per heavy atom. The largest absolute Gasteiger partial charge is 0.462 e. The van der Waals surface area contributed by atoms with Crippen LogP contribution in [0.5, 0.6) is 6.01 Å². The third-order valence-corrected chi connectivity index (χ3v) is 5.35. The zero-order valence-electron chi connectivity index (χ0n) is 18.5. The summed E-state index contributed by atoms with van der Waals surface area (Å²) in [4.78, 5) is 15.5. The second-order valence-electron chi connectivity index (χ2n) is 7.67. The summed E-state index contributed by atoms with van der Waals surface area (Å²) in [6.07, 6.45) is 5.25. The summed E-state index contributed by atoms with van der Waals surface area (Å²) in [6, 6.07) is 12.2. The number of benzene rings is 1. The van der Waals surface area contributed by atoms with Crippen molar-refractivity contribution in [2.45, 2.75) is 13.8 Å². The van der Waals surface area contributed by atoms with Crippen molar-refractivity contribution >= 4 is 12.0 Å². The van der Waals surface area contributed by atoms with Crippen molar-refractivity contribution in [2.75, 3.05) is 44.9 Å². The highest BCUT2D eigenvalue weighted by molar-refractivity contribution is 5.80. The number of nitrogens with zero attached hydrogens (tertiary/aromatic N) is 5. The van der Waals surface area contributed by atoms with Crippen LogP contribution in [0.15, 0.2) is 53.9 Å². The van der Waals surface area contributed by atoms with Gasteiger partial charge in [0, 0.05) is 43.7 Å². The van der Waals surface area contributed by atoms with Crippen molar-refractivity contribution in [3.8, 4) is 17.3 Å². The number of hydrogen-bond acceptors (Lipinski definition) is 8. The van der Waals surface area contributed by atoms with E-state index in [1.807, 2.05) is 24.3 Å². The predicted molar refractivity (Wildman–Crippen MR) is 125 cm³/mol. The molecular formula is C24H28N6O2. The summed E-state index contributed by atoms with van der Waals surface area (Å²) in [5, 5.41) is 4.36. The first-order chi connectivity index (χ1) is 15.7. The van der Waals surface area contributed by atoms with Crippen molar-refractivity contribution < 1.29 is 9.47 Å². The van der Waals surface area contributed by atoms with Crippen LogP contribution in [0.4, 0.5) is 5.82 Å². The molecule has 0 bridgehead atoms. The van der Waals surface area contributed by atoms with Crippen LogP contribution in [-0.4, -0.2) is 65.5 Å². The average Bonchev–Trinajstić information content (AvgIpc) is 2.83. The van der Waals surface area contributed by atoms with Crippen LogP contribution in [0.3, 0.4) is 0 Å². The lowest BCUT2D eigenvalue weighted by Gasteiger charge is -2.26. The van der Waals surface area contributed by atoms with Crippen LogP contribution in [0.2, 0.25) is 0 Å². The lowest BCUT2D eigenvalue weighted by Crippen LogP contribution is -2.38. The van der Waals surface area contributed by atoms with Crippen LogP contribution < -0.4 is 10.2 Å². The van der Waals surface area contributed by atoms with Gasteiger partial charge in [0.05, 0.1) is 25.1 Å². The summed E-state index contributed by atoms with van der Waals surface area (Å²) in [7, 11) is 0. The molecule has 8 nitrogen and oxygen atoms in total. The van der Waals surface area contributed by atoms with Gasteiger partial charge in [0.2, 0.25) is 0 Å². The zero-order valence-corrected chi connectivity index (χ0v) is 18.5. The van der Waals surface area contributed by atoms with Gasteiger partial charge in [-0.1, -0.05) is 18.2 Å². The third-order valence-electron chi connectivity index (χ3n) is 5.35. The molecule has 0 saturated carbocycles. The van der Waals surface area contributed by atoms with Crippen molar-refractivity contribution in [3.63, 3.8) is 0 Å². The lowest BCUT2D eigenvalue weighted by atomic mass is 10.1. The van der Waals surface area contributed by atoms with Crippen molar-refractivity contribution in [2.24, 2.45) is 5.10 Å². The fraction of sp³-hybridized carbons (Fsp3) is 0.333. The molecule has 1 saturated heterocycles. The standard InChI is InChI=1S/C24H28N6O2/c1-18-3-4-20(15-19(18)2)17-26-29-23-16-22(21-5-7-25-8-6-21)27-24(28-23)32-14-11-30-9-12-31-13-10-30/h3-8,15-17H,9-14H2,1-2H3,(H,27,28,29). The Bertz CT molecular complexity index is 1050. The maximum Gasteiger partial charge on any atom is 0.319 e. The molecular weight excluding hydrogens is 404 g/mol.